The lowest BCUT2D eigenvalue weighted by atomic mass is 10.2. The number of hydrogen-bond acceptors (Lipinski definition) is 4. The summed E-state index contributed by atoms with van der Waals surface area (Å²) >= 11 is 6.09. The number of piperazine rings is 1. The SMILES string of the molecule is Cc1c(Cl)cccc1NC(=O)C[NH+]1CCN(c2ccc([N+](=O)[O-])cc2)CC1. The lowest BCUT2D eigenvalue weighted by molar-refractivity contribution is -0.892. The van der Waals surface area contributed by atoms with Crippen LogP contribution in [0.4, 0.5) is 17.1 Å². The highest BCUT2D eigenvalue weighted by molar-refractivity contribution is 6.31. The highest BCUT2D eigenvalue weighted by Gasteiger charge is 2.23. The molecule has 0 radical (unpaired) electrons. The summed E-state index contributed by atoms with van der Waals surface area (Å²) in [5.41, 5.74) is 2.68. The zero-order valence-electron chi connectivity index (χ0n) is 15.1. The van der Waals surface area contributed by atoms with Crippen molar-refractivity contribution in [3.05, 3.63) is 63.2 Å². The van der Waals surface area contributed by atoms with Gasteiger partial charge in [-0.05, 0) is 36.8 Å². The number of anilines is 2. The van der Waals surface area contributed by atoms with Crippen LogP contribution >= 0.6 is 11.6 Å². The molecule has 1 aliphatic heterocycles. The van der Waals surface area contributed by atoms with Crippen LogP contribution in [0.2, 0.25) is 5.02 Å². The van der Waals surface area contributed by atoms with E-state index < -0.39 is 4.92 Å². The van der Waals surface area contributed by atoms with E-state index in [-0.39, 0.29) is 11.6 Å². The number of non-ortho nitro benzene ring substituents is 1. The smallest absolute Gasteiger partial charge is 0.279 e. The molecule has 1 saturated heterocycles. The maximum absolute atomic E-state index is 12.3. The minimum atomic E-state index is -0.397. The van der Waals surface area contributed by atoms with E-state index in [4.69, 9.17) is 11.6 Å². The first-order valence-electron chi connectivity index (χ1n) is 8.82. The number of halogens is 1. The summed E-state index contributed by atoms with van der Waals surface area (Å²) < 4.78 is 0. The first-order chi connectivity index (χ1) is 12.9. The molecule has 2 N–H and O–H groups in total. The summed E-state index contributed by atoms with van der Waals surface area (Å²) in [6.07, 6.45) is 0. The number of nitro groups is 1. The Hall–Kier alpha value is -2.64. The van der Waals surface area contributed by atoms with E-state index in [2.05, 4.69) is 10.2 Å². The molecule has 27 heavy (non-hydrogen) atoms. The summed E-state index contributed by atoms with van der Waals surface area (Å²) in [7, 11) is 0. The fraction of sp³-hybridized carbons (Fsp3) is 0.316. The molecule has 1 amide bonds. The molecule has 0 atom stereocenters. The number of nitrogens with zero attached hydrogens (tertiary/aromatic N) is 2. The number of carbonyl (C=O) groups excluding carboxylic acids is 1. The van der Waals surface area contributed by atoms with Gasteiger partial charge in [0.15, 0.2) is 6.54 Å². The highest BCUT2D eigenvalue weighted by atomic mass is 35.5. The Kier molecular flexibility index (Phi) is 5.93. The number of nitrogens with one attached hydrogen (secondary N) is 2. The van der Waals surface area contributed by atoms with Crippen LogP contribution in [0.15, 0.2) is 42.5 Å². The van der Waals surface area contributed by atoms with Crippen molar-refractivity contribution in [1.29, 1.82) is 0 Å². The number of quaternary nitrogens is 1. The van der Waals surface area contributed by atoms with E-state index in [9.17, 15) is 14.9 Å². The summed E-state index contributed by atoms with van der Waals surface area (Å²) in [4.78, 5) is 26.1. The Morgan fingerprint density at radius 2 is 1.89 bits per heavy atom. The molecule has 0 aliphatic carbocycles. The second kappa shape index (κ2) is 8.37. The van der Waals surface area contributed by atoms with E-state index in [1.807, 2.05) is 19.1 Å². The first kappa shape index (κ1) is 19.1. The summed E-state index contributed by atoms with van der Waals surface area (Å²) in [6.45, 7) is 5.55. The van der Waals surface area contributed by atoms with Crippen LogP contribution in [0.3, 0.4) is 0 Å². The van der Waals surface area contributed by atoms with Gasteiger partial charge in [0.1, 0.15) is 0 Å². The van der Waals surface area contributed by atoms with Crippen LogP contribution < -0.4 is 15.1 Å². The van der Waals surface area contributed by atoms with E-state index in [0.29, 0.717) is 11.6 Å². The standard InChI is InChI=1S/C19H21ClN4O3/c1-14-17(20)3-2-4-18(14)21-19(25)13-22-9-11-23(12-10-22)15-5-7-16(8-6-15)24(26)27/h2-8H,9-13H2,1H3,(H,21,25)/p+1. The fourth-order valence-electron chi connectivity index (χ4n) is 3.21. The van der Waals surface area contributed by atoms with Gasteiger partial charge < -0.3 is 15.1 Å². The molecule has 1 aliphatic rings. The van der Waals surface area contributed by atoms with Crippen LogP contribution in [0.25, 0.3) is 0 Å². The minimum Gasteiger partial charge on any atom is -0.360 e. The number of nitro benzene ring substituents is 1. The maximum Gasteiger partial charge on any atom is 0.279 e. The number of amides is 1. The number of carbonyl (C=O) groups is 1. The van der Waals surface area contributed by atoms with Crippen molar-refractivity contribution >= 4 is 34.6 Å². The Morgan fingerprint density at radius 1 is 1.22 bits per heavy atom. The molecule has 0 unspecified atom stereocenters. The second-order valence-corrected chi connectivity index (χ2v) is 7.06. The third kappa shape index (κ3) is 4.75. The van der Waals surface area contributed by atoms with E-state index in [0.717, 1.165) is 43.1 Å². The third-order valence-corrected chi connectivity index (χ3v) is 5.26. The maximum atomic E-state index is 12.3. The molecule has 1 fully saturated rings. The average Bonchev–Trinajstić information content (AvgIpc) is 2.66. The number of benzene rings is 2. The van der Waals surface area contributed by atoms with E-state index in [1.54, 1.807) is 18.2 Å². The van der Waals surface area contributed by atoms with Gasteiger partial charge in [-0.3, -0.25) is 14.9 Å². The molecule has 0 saturated carbocycles. The van der Waals surface area contributed by atoms with Gasteiger partial charge in [-0.2, -0.15) is 0 Å². The van der Waals surface area contributed by atoms with Crippen LogP contribution in [0.5, 0.6) is 0 Å². The van der Waals surface area contributed by atoms with Crippen LogP contribution in [0.1, 0.15) is 5.56 Å². The largest absolute Gasteiger partial charge is 0.360 e. The van der Waals surface area contributed by atoms with Crippen molar-refractivity contribution in [2.45, 2.75) is 6.92 Å². The molecule has 0 aromatic heterocycles. The molecule has 1 heterocycles. The molecule has 0 bridgehead atoms. The van der Waals surface area contributed by atoms with Gasteiger partial charge in [0, 0.05) is 28.5 Å². The Morgan fingerprint density at radius 3 is 2.52 bits per heavy atom. The number of rotatable bonds is 5. The molecule has 142 valence electrons. The number of hydrogen-bond donors (Lipinski definition) is 2. The molecule has 8 heteroatoms. The van der Waals surface area contributed by atoms with Crippen molar-refractivity contribution < 1.29 is 14.6 Å². The molecule has 0 spiro atoms. The Balaban J connectivity index is 1.51. The van der Waals surface area contributed by atoms with Gasteiger partial charge in [0.05, 0.1) is 31.1 Å². The van der Waals surface area contributed by atoms with Gasteiger partial charge in [0.25, 0.3) is 11.6 Å². The quantitative estimate of drug-likeness (QED) is 0.604. The predicted octanol–water partition coefficient (Wildman–Crippen LogP) is 1.90. The summed E-state index contributed by atoms with van der Waals surface area (Å²) in [5.74, 6) is -0.0286. The normalized spacial score (nSPS) is 14.8. The zero-order valence-corrected chi connectivity index (χ0v) is 15.8. The highest BCUT2D eigenvalue weighted by Crippen LogP contribution is 2.22. The van der Waals surface area contributed by atoms with Crippen molar-refractivity contribution in [3.63, 3.8) is 0 Å². The first-order valence-corrected chi connectivity index (χ1v) is 9.20. The van der Waals surface area contributed by atoms with Crippen molar-refractivity contribution in [2.75, 3.05) is 42.9 Å². The summed E-state index contributed by atoms with van der Waals surface area (Å²) in [5, 5.41) is 14.3. The van der Waals surface area contributed by atoms with Gasteiger partial charge in [0.2, 0.25) is 0 Å². The summed E-state index contributed by atoms with van der Waals surface area (Å²) in [6, 6.07) is 12.1. The van der Waals surface area contributed by atoms with Crippen LogP contribution in [0, 0.1) is 17.0 Å². The average molecular weight is 390 g/mol. The van der Waals surface area contributed by atoms with Gasteiger partial charge in [-0.25, -0.2) is 0 Å². The Labute approximate surface area is 162 Å². The van der Waals surface area contributed by atoms with Crippen molar-refractivity contribution in [3.8, 4) is 0 Å². The van der Waals surface area contributed by atoms with E-state index >= 15 is 0 Å². The van der Waals surface area contributed by atoms with Gasteiger partial charge in [-0.1, -0.05) is 17.7 Å². The molecule has 2 aromatic rings. The monoisotopic (exact) mass is 389 g/mol. The second-order valence-electron chi connectivity index (χ2n) is 6.65. The van der Waals surface area contributed by atoms with E-state index in [1.165, 1.54) is 17.0 Å². The van der Waals surface area contributed by atoms with Gasteiger partial charge in [-0.15, -0.1) is 0 Å². The molecule has 2 aromatic carbocycles. The minimum absolute atomic E-state index is 0.0286. The topological polar surface area (TPSA) is 79.9 Å². The van der Waals surface area contributed by atoms with Crippen molar-refractivity contribution in [2.24, 2.45) is 0 Å². The van der Waals surface area contributed by atoms with Crippen LogP contribution in [-0.4, -0.2) is 43.6 Å². The molecule has 3 rings (SSSR count). The fourth-order valence-corrected chi connectivity index (χ4v) is 3.38. The van der Waals surface area contributed by atoms with Crippen molar-refractivity contribution in [1.82, 2.24) is 0 Å². The molecular weight excluding hydrogens is 368 g/mol. The predicted molar refractivity (Wildman–Crippen MR) is 106 cm³/mol. The molecular formula is C19H22ClN4O3+. The third-order valence-electron chi connectivity index (χ3n) is 4.85. The molecule has 7 nitrogen and oxygen atoms in total. The zero-order chi connectivity index (χ0) is 19.4. The lowest BCUT2D eigenvalue weighted by Crippen LogP contribution is -3.15. The Bertz CT molecular complexity index is 833. The lowest BCUT2D eigenvalue weighted by Gasteiger charge is -2.33. The van der Waals surface area contributed by atoms with Gasteiger partial charge >= 0.3 is 0 Å². The van der Waals surface area contributed by atoms with Crippen LogP contribution in [-0.2, 0) is 4.79 Å².